The fraction of sp³-hybridized carbons (Fsp3) is 0.273. The van der Waals surface area contributed by atoms with Gasteiger partial charge in [-0.05, 0) is 41.1 Å². The largest absolute Gasteiger partial charge is 0.478 e. The van der Waals surface area contributed by atoms with Crippen LogP contribution in [-0.2, 0) is 4.79 Å². The predicted molar refractivity (Wildman–Crippen MR) is 68.4 cm³/mol. The normalized spacial score (nSPS) is 14.5. The molecule has 0 radical (unpaired) electrons. The van der Waals surface area contributed by atoms with Crippen LogP contribution in [0.25, 0.3) is 0 Å². The summed E-state index contributed by atoms with van der Waals surface area (Å²) in [5.41, 5.74) is 1.57. The first-order valence-electron chi connectivity index (χ1n) is 5.16. The third-order valence-corrected chi connectivity index (χ3v) is 3.21. The summed E-state index contributed by atoms with van der Waals surface area (Å²) in [5.74, 6) is -2.78. The number of hydrogen-bond donors (Lipinski definition) is 3. The summed E-state index contributed by atoms with van der Waals surface area (Å²) < 4.78 is 37.9. The van der Waals surface area contributed by atoms with E-state index in [2.05, 4.69) is 15.9 Å². The van der Waals surface area contributed by atoms with E-state index in [9.17, 15) is 22.8 Å². The molecule has 9 heteroatoms. The third-order valence-electron chi connectivity index (χ3n) is 2.52. The van der Waals surface area contributed by atoms with Crippen molar-refractivity contribution >= 4 is 33.5 Å². The molecule has 0 aliphatic carbocycles. The van der Waals surface area contributed by atoms with Crippen LogP contribution in [0.3, 0.4) is 0 Å². The minimum absolute atomic E-state index is 0.100. The summed E-state index contributed by atoms with van der Waals surface area (Å²) in [5, 5.41) is 10.8. The molecule has 1 unspecified atom stereocenters. The van der Waals surface area contributed by atoms with E-state index in [-0.39, 0.29) is 15.7 Å². The molecule has 0 aromatic heterocycles. The van der Waals surface area contributed by atoms with Crippen LogP contribution >= 0.6 is 15.9 Å². The maximum Gasteiger partial charge on any atom is 0.415 e. The van der Waals surface area contributed by atoms with Crippen LogP contribution in [-0.4, -0.2) is 28.7 Å². The summed E-state index contributed by atoms with van der Waals surface area (Å²) >= 11 is 2.97. The van der Waals surface area contributed by atoms with Crippen LogP contribution in [0.1, 0.15) is 17.3 Å². The molecule has 1 aromatic carbocycles. The zero-order valence-corrected chi connectivity index (χ0v) is 11.7. The highest BCUT2D eigenvalue weighted by molar-refractivity contribution is 9.10. The van der Waals surface area contributed by atoms with E-state index in [1.807, 2.05) is 5.32 Å². The summed E-state index contributed by atoms with van der Waals surface area (Å²) in [6.45, 7) is 0.527. The van der Waals surface area contributed by atoms with Gasteiger partial charge in [-0.3, -0.25) is 4.79 Å². The Balaban J connectivity index is 3.03. The molecule has 1 atom stereocenters. The Hall–Kier alpha value is -1.61. The number of benzene rings is 1. The van der Waals surface area contributed by atoms with Crippen molar-refractivity contribution in [1.82, 2.24) is 0 Å². The number of alkyl halides is 3. The molecule has 20 heavy (non-hydrogen) atoms. The number of carbonyl (C=O) groups excluding carboxylic acids is 1. The first-order chi connectivity index (χ1) is 8.96. The standard InChI is InChI=1S/C11H10BrF3N2O3/c1-10(16,11(13,14)15)9(20)17-5-2-3-7(12)6(4-5)8(18)19/h2-4H,16H2,1H3,(H,17,20)(H,18,19). The van der Waals surface area contributed by atoms with Gasteiger partial charge in [0.25, 0.3) is 5.91 Å². The Kier molecular flexibility index (Phi) is 4.45. The number of carboxylic acid groups (broad SMARTS) is 1. The van der Waals surface area contributed by atoms with Gasteiger partial charge in [-0.15, -0.1) is 0 Å². The zero-order chi connectivity index (χ0) is 15.7. The first kappa shape index (κ1) is 16.4. The van der Waals surface area contributed by atoms with Crippen molar-refractivity contribution in [2.45, 2.75) is 18.6 Å². The monoisotopic (exact) mass is 354 g/mol. The van der Waals surface area contributed by atoms with Gasteiger partial charge in [-0.2, -0.15) is 13.2 Å². The number of amides is 1. The maximum absolute atomic E-state index is 12.6. The van der Waals surface area contributed by atoms with Gasteiger partial charge in [0.1, 0.15) is 0 Å². The van der Waals surface area contributed by atoms with Gasteiger partial charge in [0.2, 0.25) is 0 Å². The first-order valence-corrected chi connectivity index (χ1v) is 5.96. The van der Waals surface area contributed by atoms with Crippen LogP contribution < -0.4 is 11.1 Å². The zero-order valence-electron chi connectivity index (χ0n) is 10.1. The van der Waals surface area contributed by atoms with Crippen molar-refractivity contribution in [1.29, 1.82) is 0 Å². The fourth-order valence-corrected chi connectivity index (χ4v) is 1.57. The molecule has 1 amide bonds. The van der Waals surface area contributed by atoms with E-state index in [1.165, 1.54) is 12.1 Å². The molecule has 4 N–H and O–H groups in total. The lowest BCUT2D eigenvalue weighted by Gasteiger charge is -2.26. The van der Waals surface area contributed by atoms with Crippen LogP contribution in [0, 0.1) is 0 Å². The average molecular weight is 355 g/mol. The van der Waals surface area contributed by atoms with Gasteiger partial charge >= 0.3 is 12.1 Å². The lowest BCUT2D eigenvalue weighted by molar-refractivity contribution is -0.184. The minimum Gasteiger partial charge on any atom is -0.478 e. The van der Waals surface area contributed by atoms with E-state index >= 15 is 0 Å². The molecule has 0 bridgehead atoms. The molecular formula is C11H10BrF3N2O3. The highest BCUT2D eigenvalue weighted by Gasteiger charge is 2.53. The molecule has 0 saturated carbocycles. The number of hydrogen-bond acceptors (Lipinski definition) is 3. The lowest BCUT2D eigenvalue weighted by atomic mass is 10.0. The molecule has 0 heterocycles. The summed E-state index contributed by atoms with van der Waals surface area (Å²) in [7, 11) is 0. The number of nitrogens with two attached hydrogens (primary N) is 1. The Bertz CT molecular complexity index is 558. The van der Waals surface area contributed by atoms with Crippen LogP contribution in [0.5, 0.6) is 0 Å². The molecule has 5 nitrogen and oxygen atoms in total. The maximum atomic E-state index is 12.6. The molecule has 1 rings (SSSR count). The smallest absolute Gasteiger partial charge is 0.415 e. The molecule has 1 aromatic rings. The fourth-order valence-electron chi connectivity index (χ4n) is 1.16. The molecule has 0 aliphatic heterocycles. The number of rotatable bonds is 3. The van der Waals surface area contributed by atoms with Gasteiger partial charge in [0, 0.05) is 10.2 Å². The Morgan fingerprint density at radius 3 is 2.35 bits per heavy atom. The highest BCUT2D eigenvalue weighted by atomic mass is 79.9. The Morgan fingerprint density at radius 2 is 1.90 bits per heavy atom. The van der Waals surface area contributed by atoms with Crippen LogP contribution in [0.15, 0.2) is 22.7 Å². The van der Waals surface area contributed by atoms with E-state index in [4.69, 9.17) is 10.8 Å². The predicted octanol–water partition coefficient (Wildman–Crippen LogP) is 2.37. The summed E-state index contributed by atoms with van der Waals surface area (Å²) in [6, 6.07) is 3.57. The number of carbonyl (C=O) groups is 2. The molecule has 0 aliphatic rings. The number of carboxylic acids is 1. The Morgan fingerprint density at radius 1 is 1.35 bits per heavy atom. The number of aromatic carboxylic acids is 1. The van der Waals surface area contributed by atoms with E-state index in [0.29, 0.717) is 6.92 Å². The molecular weight excluding hydrogens is 345 g/mol. The van der Waals surface area contributed by atoms with E-state index in [0.717, 1.165) is 6.07 Å². The van der Waals surface area contributed by atoms with Crippen LogP contribution in [0.4, 0.5) is 18.9 Å². The molecule has 0 fully saturated rings. The quantitative estimate of drug-likeness (QED) is 0.776. The Labute approximate surface area is 120 Å². The topological polar surface area (TPSA) is 92.4 Å². The van der Waals surface area contributed by atoms with E-state index in [1.54, 1.807) is 0 Å². The van der Waals surface area contributed by atoms with Gasteiger partial charge in [-0.1, -0.05) is 0 Å². The second-order valence-corrected chi connectivity index (χ2v) is 5.01. The number of nitrogens with one attached hydrogen (secondary N) is 1. The summed E-state index contributed by atoms with van der Waals surface area (Å²) in [4.78, 5) is 22.4. The minimum atomic E-state index is -4.93. The van der Waals surface area contributed by atoms with Crippen molar-refractivity contribution < 1.29 is 27.9 Å². The van der Waals surface area contributed by atoms with Crippen molar-refractivity contribution in [2.24, 2.45) is 5.73 Å². The van der Waals surface area contributed by atoms with Crippen LogP contribution in [0.2, 0.25) is 0 Å². The second-order valence-electron chi connectivity index (χ2n) is 4.15. The second kappa shape index (κ2) is 5.41. The van der Waals surface area contributed by atoms with Crippen molar-refractivity contribution in [3.8, 4) is 0 Å². The highest BCUT2D eigenvalue weighted by Crippen LogP contribution is 2.29. The SMILES string of the molecule is CC(N)(C(=O)Nc1ccc(Br)c(C(=O)O)c1)C(F)(F)F. The van der Waals surface area contributed by atoms with Gasteiger partial charge in [0.15, 0.2) is 5.54 Å². The van der Waals surface area contributed by atoms with Gasteiger partial charge in [0.05, 0.1) is 5.56 Å². The third kappa shape index (κ3) is 3.28. The van der Waals surface area contributed by atoms with Crippen molar-refractivity contribution in [3.63, 3.8) is 0 Å². The van der Waals surface area contributed by atoms with Crippen molar-refractivity contribution in [2.75, 3.05) is 5.32 Å². The van der Waals surface area contributed by atoms with Gasteiger partial charge < -0.3 is 16.2 Å². The van der Waals surface area contributed by atoms with Gasteiger partial charge in [-0.25, -0.2) is 4.79 Å². The number of anilines is 1. The molecule has 110 valence electrons. The number of halogens is 4. The lowest BCUT2D eigenvalue weighted by Crippen LogP contribution is -2.59. The summed E-state index contributed by atoms with van der Waals surface area (Å²) in [6.07, 6.45) is -4.93. The van der Waals surface area contributed by atoms with Crippen molar-refractivity contribution in [3.05, 3.63) is 28.2 Å². The molecule has 0 spiro atoms. The molecule has 0 saturated heterocycles. The average Bonchev–Trinajstić information content (AvgIpc) is 2.29. The van der Waals surface area contributed by atoms with E-state index < -0.39 is 23.6 Å².